The molecule has 2 aromatic rings. The van der Waals surface area contributed by atoms with E-state index < -0.39 is 0 Å². The van der Waals surface area contributed by atoms with Gasteiger partial charge < -0.3 is 14.8 Å². The lowest BCUT2D eigenvalue weighted by atomic mass is 10.2. The number of benzene rings is 2. The van der Waals surface area contributed by atoms with Crippen molar-refractivity contribution in [1.82, 2.24) is 5.32 Å². The average molecular weight is 257 g/mol. The Bertz CT molecular complexity index is 508. The van der Waals surface area contributed by atoms with Gasteiger partial charge in [0.2, 0.25) is 0 Å². The van der Waals surface area contributed by atoms with Crippen LogP contribution in [0.5, 0.6) is 11.5 Å². The van der Waals surface area contributed by atoms with Crippen molar-refractivity contribution < 1.29 is 9.47 Å². The summed E-state index contributed by atoms with van der Waals surface area (Å²) < 4.78 is 10.9. The van der Waals surface area contributed by atoms with E-state index in [1.54, 1.807) is 7.11 Å². The van der Waals surface area contributed by atoms with Crippen molar-refractivity contribution in [1.29, 1.82) is 0 Å². The van der Waals surface area contributed by atoms with Crippen molar-refractivity contribution >= 4 is 0 Å². The molecule has 0 bridgehead atoms. The van der Waals surface area contributed by atoms with Crippen LogP contribution >= 0.6 is 0 Å². The van der Waals surface area contributed by atoms with Crippen LogP contribution in [-0.2, 0) is 17.9 Å². The van der Waals surface area contributed by atoms with Gasteiger partial charge in [0.15, 0.2) is 0 Å². The van der Waals surface area contributed by atoms with Crippen LogP contribution in [0.2, 0.25) is 0 Å². The second-order valence-electron chi connectivity index (χ2n) is 4.36. The molecule has 3 nitrogen and oxygen atoms in total. The van der Waals surface area contributed by atoms with Gasteiger partial charge in [-0.25, -0.2) is 0 Å². The molecule has 0 saturated carbocycles. The van der Waals surface area contributed by atoms with Crippen molar-refractivity contribution in [3.05, 3.63) is 59.7 Å². The molecule has 0 atom stereocenters. The van der Waals surface area contributed by atoms with E-state index in [9.17, 15) is 0 Å². The van der Waals surface area contributed by atoms with Gasteiger partial charge in [-0.15, -0.1) is 0 Å². The van der Waals surface area contributed by atoms with Gasteiger partial charge in [-0.05, 0) is 42.4 Å². The van der Waals surface area contributed by atoms with Crippen LogP contribution in [0.3, 0.4) is 0 Å². The molecule has 0 radical (unpaired) electrons. The van der Waals surface area contributed by atoms with Crippen molar-refractivity contribution in [3.8, 4) is 11.5 Å². The van der Waals surface area contributed by atoms with E-state index in [0.717, 1.165) is 23.6 Å². The van der Waals surface area contributed by atoms with Crippen LogP contribution < -0.4 is 10.1 Å². The zero-order valence-electron chi connectivity index (χ0n) is 11.3. The van der Waals surface area contributed by atoms with E-state index in [2.05, 4.69) is 17.4 Å². The van der Waals surface area contributed by atoms with Gasteiger partial charge >= 0.3 is 0 Å². The number of ether oxygens (including phenoxy) is 2. The smallest absolute Gasteiger partial charge is 0.127 e. The Morgan fingerprint density at radius 3 is 2.42 bits per heavy atom. The summed E-state index contributed by atoms with van der Waals surface area (Å²) in [6.45, 7) is 1.46. The van der Waals surface area contributed by atoms with Gasteiger partial charge in [-0.3, -0.25) is 0 Å². The fourth-order valence-corrected chi connectivity index (χ4v) is 1.88. The highest BCUT2D eigenvalue weighted by Crippen LogP contribution is 2.22. The minimum absolute atomic E-state index is 0.596. The van der Waals surface area contributed by atoms with E-state index in [-0.39, 0.29) is 0 Å². The maximum absolute atomic E-state index is 5.82. The predicted octanol–water partition coefficient (Wildman–Crippen LogP) is 3.34. The van der Waals surface area contributed by atoms with E-state index in [4.69, 9.17) is 9.47 Å². The predicted molar refractivity (Wildman–Crippen MR) is 76.4 cm³/mol. The molecule has 0 unspecified atom stereocenters. The zero-order valence-corrected chi connectivity index (χ0v) is 11.3. The Hall–Kier alpha value is -1.84. The highest BCUT2D eigenvalue weighted by Gasteiger charge is 1.99. The van der Waals surface area contributed by atoms with Crippen LogP contribution in [0.25, 0.3) is 0 Å². The quantitative estimate of drug-likeness (QED) is 0.861. The van der Waals surface area contributed by atoms with Gasteiger partial charge in [-0.2, -0.15) is 0 Å². The molecule has 0 fully saturated rings. The monoisotopic (exact) mass is 257 g/mol. The summed E-state index contributed by atoms with van der Waals surface area (Å²) in [5, 5.41) is 3.12. The van der Waals surface area contributed by atoms with Gasteiger partial charge in [0.05, 0.1) is 6.61 Å². The van der Waals surface area contributed by atoms with Gasteiger partial charge in [0, 0.05) is 13.7 Å². The summed E-state index contributed by atoms with van der Waals surface area (Å²) in [5.41, 5.74) is 2.34. The normalized spacial score (nSPS) is 10.4. The summed E-state index contributed by atoms with van der Waals surface area (Å²) in [7, 11) is 3.62. The van der Waals surface area contributed by atoms with Crippen LogP contribution in [0.15, 0.2) is 48.5 Å². The molecule has 0 aliphatic heterocycles. The molecule has 0 aliphatic rings. The highest BCUT2D eigenvalue weighted by molar-refractivity contribution is 5.35. The molecule has 19 heavy (non-hydrogen) atoms. The molecule has 2 rings (SSSR count). The molecule has 0 aromatic heterocycles. The lowest BCUT2D eigenvalue weighted by molar-refractivity contribution is 0.184. The first-order chi connectivity index (χ1) is 9.31. The maximum atomic E-state index is 5.82. The third-order valence-electron chi connectivity index (χ3n) is 2.75. The first-order valence-electron chi connectivity index (χ1n) is 6.31. The van der Waals surface area contributed by atoms with Crippen molar-refractivity contribution in [2.75, 3.05) is 14.2 Å². The molecular weight excluding hydrogens is 238 g/mol. The van der Waals surface area contributed by atoms with Crippen LogP contribution in [-0.4, -0.2) is 14.2 Å². The van der Waals surface area contributed by atoms with Gasteiger partial charge in [0.1, 0.15) is 11.5 Å². The number of methoxy groups -OCH3 is 1. The van der Waals surface area contributed by atoms with Gasteiger partial charge in [-0.1, -0.05) is 24.3 Å². The average Bonchev–Trinajstić information content (AvgIpc) is 2.42. The summed E-state index contributed by atoms with van der Waals surface area (Å²) in [6, 6.07) is 16.0. The molecule has 0 aliphatic carbocycles. The van der Waals surface area contributed by atoms with Crippen molar-refractivity contribution in [3.63, 3.8) is 0 Å². The minimum atomic E-state index is 0.596. The molecule has 3 heteroatoms. The lowest BCUT2D eigenvalue weighted by Gasteiger charge is -2.08. The number of rotatable bonds is 6. The standard InChI is InChI=1S/C16H19NO2/c1-17-11-13-6-8-15(9-7-13)19-16-5-3-4-14(10-16)12-18-2/h3-10,17H,11-12H2,1-2H3. The molecule has 1 N–H and O–H groups in total. The molecule has 100 valence electrons. The molecular formula is C16H19NO2. The Labute approximate surface area is 114 Å². The second kappa shape index (κ2) is 6.92. The number of hydrogen-bond acceptors (Lipinski definition) is 3. The summed E-state index contributed by atoms with van der Waals surface area (Å²) in [5.74, 6) is 1.67. The van der Waals surface area contributed by atoms with Crippen LogP contribution in [0.4, 0.5) is 0 Å². The van der Waals surface area contributed by atoms with Crippen LogP contribution in [0, 0.1) is 0 Å². The third-order valence-corrected chi connectivity index (χ3v) is 2.75. The molecule has 2 aromatic carbocycles. The summed E-state index contributed by atoms with van der Waals surface area (Å²) in [6.07, 6.45) is 0. The van der Waals surface area contributed by atoms with E-state index in [0.29, 0.717) is 6.61 Å². The first-order valence-corrected chi connectivity index (χ1v) is 6.31. The zero-order chi connectivity index (χ0) is 13.5. The fraction of sp³-hybridized carbons (Fsp3) is 0.250. The summed E-state index contributed by atoms with van der Waals surface area (Å²) >= 11 is 0. The van der Waals surface area contributed by atoms with Gasteiger partial charge in [0.25, 0.3) is 0 Å². The molecule has 0 saturated heterocycles. The topological polar surface area (TPSA) is 30.5 Å². The van der Waals surface area contributed by atoms with E-state index in [1.807, 2.05) is 43.4 Å². The van der Waals surface area contributed by atoms with E-state index >= 15 is 0 Å². The molecule has 0 heterocycles. The Balaban J connectivity index is 2.05. The largest absolute Gasteiger partial charge is 0.457 e. The van der Waals surface area contributed by atoms with E-state index in [1.165, 1.54) is 5.56 Å². The number of hydrogen-bond donors (Lipinski definition) is 1. The fourth-order valence-electron chi connectivity index (χ4n) is 1.88. The Kier molecular flexibility index (Phi) is 4.95. The minimum Gasteiger partial charge on any atom is -0.457 e. The Morgan fingerprint density at radius 1 is 0.947 bits per heavy atom. The molecule has 0 spiro atoms. The van der Waals surface area contributed by atoms with Crippen molar-refractivity contribution in [2.45, 2.75) is 13.2 Å². The SMILES string of the molecule is CNCc1ccc(Oc2cccc(COC)c2)cc1. The Morgan fingerprint density at radius 2 is 1.74 bits per heavy atom. The van der Waals surface area contributed by atoms with Crippen LogP contribution in [0.1, 0.15) is 11.1 Å². The first kappa shape index (κ1) is 13.6. The highest BCUT2D eigenvalue weighted by atomic mass is 16.5. The lowest BCUT2D eigenvalue weighted by Crippen LogP contribution is -2.04. The maximum Gasteiger partial charge on any atom is 0.127 e. The molecule has 0 amide bonds. The van der Waals surface area contributed by atoms with Crippen molar-refractivity contribution in [2.24, 2.45) is 0 Å². The summed E-state index contributed by atoms with van der Waals surface area (Å²) in [4.78, 5) is 0. The third kappa shape index (κ3) is 4.09. The second-order valence-corrected chi connectivity index (χ2v) is 4.36. The number of nitrogens with one attached hydrogen (secondary N) is 1.